The second-order valence-electron chi connectivity index (χ2n) is 6.40. The normalized spacial score (nSPS) is 18.8. The average Bonchev–Trinajstić information content (AvgIpc) is 2.98. The third-order valence-corrected chi connectivity index (χ3v) is 4.61. The number of carbonyl (C=O) groups is 1. The van der Waals surface area contributed by atoms with Gasteiger partial charge in [0.05, 0.1) is 6.26 Å². The Balaban J connectivity index is 1.61. The summed E-state index contributed by atoms with van der Waals surface area (Å²) in [6.07, 6.45) is 5.46. The Morgan fingerprint density at radius 2 is 2.04 bits per heavy atom. The molecule has 0 radical (unpaired) electrons. The number of rotatable bonds is 4. The predicted octanol–water partition coefficient (Wildman–Crippen LogP) is 4.21. The van der Waals surface area contributed by atoms with Gasteiger partial charge in [-0.1, -0.05) is 18.6 Å². The van der Waals surface area contributed by atoms with Gasteiger partial charge in [-0.2, -0.15) is 0 Å². The van der Waals surface area contributed by atoms with Gasteiger partial charge in [-0.25, -0.2) is 0 Å². The van der Waals surface area contributed by atoms with Crippen LogP contribution in [0.1, 0.15) is 47.9 Å². The second-order valence-corrected chi connectivity index (χ2v) is 6.40. The first-order valence-electron chi connectivity index (χ1n) is 8.32. The Morgan fingerprint density at radius 1 is 1.26 bits per heavy atom. The van der Waals surface area contributed by atoms with Crippen LogP contribution in [-0.4, -0.2) is 23.4 Å². The number of aryl methyl sites for hydroxylation is 1. The number of hydrogen-bond donors (Lipinski definition) is 1. The van der Waals surface area contributed by atoms with Crippen LogP contribution in [0, 0.1) is 6.92 Å². The molecule has 1 aliphatic heterocycles. The first-order chi connectivity index (χ1) is 11.1. The lowest BCUT2D eigenvalue weighted by Gasteiger charge is -2.33. The predicted molar refractivity (Wildman–Crippen MR) is 91.6 cm³/mol. The topological polar surface area (TPSA) is 45.5 Å². The molecule has 3 rings (SSSR count). The molecule has 1 amide bonds. The average molecular weight is 312 g/mol. The number of benzene rings is 1. The van der Waals surface area contributed by atoms with Crippen molar-refractivity contribution in [2.45, 2.75) is 45.7 Å². The summed E-state index contributed by atoms with van der Waals surface area (Å²) in [5, 5.41) is 2.88. The quantitative estimate of drug-likeness (QED) is 0.919. The van der Waals surface area contributed by atoms with Crippen molar-refractivity contribution in [3.05, 3.63) is 53.5 Å². The van der Waals surface area contributed by atoms with Crippen molar-refractivity contribution in [2.24, 2.45) is 0 Å². The second kappa shape index (κ2) is 7.01. The van der Waals surface area contributed by atoms with E-state index >= 15 is 0 Å². The Labute approximate surface area is 137 Å². The summed E-state index contributed by atoms with van der Waals surface area (Å²) in [5.41, 5.74) is 2.92. The summed E-state index contributed by atoms with van der Waals surface area (Å²) in [6.45, 7) is 6.32. The number of nitrogens with one attached hydrogen (secondary N) is 1. The van der Waals surface area contributed by atoms with Crippen LogP contribution in [0.5, 0.6) is 0 Å². The summed E-state index contributed by atoms with van der Waals surface area (Å²) in [4.78, 5) is 14.7. The van der Waals surface area contributed by atoms with Gasteiger partial charge >= 0.3 is 0 Å². The van der Waals surface area contributed by atoms with E-state index in [0.29, 0.717) is 11.8 Å². The number of carbonyl (C=O) groups excluding carboxylic acids is 1. The molecular formula is C19H24N2O2. The van der Waals surface area contributed by atoms with E-state index in [1.807, 2.05) is 19.1 Å². The summed E-state index contributed by atoms with van der Waals surface area (Å²) < 4.78 is 5.22. The SMILES string of the molecule is Cc1ccoc1C(=O)Nc1ccc(CN2CCCCC2C)cc1. The van der Waals surface area contributed by atoms with Gasteiger partial charge in [-0.15, -0.1) is 0 Å². The van der Waals surface area contributed by atoms with Crippen molar-refractivity contribution >= 4 is 11.6 Å². The minimum Gasteiger partial charge on any atom is -0.459 e. The largest absolute Gasteiger partial charge is 0.459 e. The summed E-state index contributed by atoms with van der Waals surface area (Å²) in [6, 6.07) is 10.5. The molecule has 0 bridgehead atoms. The van der Waals surface area contributed by atoms with E-state index in [1.165, 1.54) is 37.6 Å². The third-order valence-electron chi connectivity index (χ3n) is 4.61. The lowest BCUT2D eigenvalue weighted by molar-refractivity contribution is 0.0996. The highest BCUT2D eigenvalue weighted by Crippen LogP contribution is 2.20. The van der Waals surface area contributed by atoms with Crippen molar-refractivity contribution in [3.63, 3.8) is 0 Å². The molecule has 4 nitrogen and oxygen atoms in total. The fourth-order valence-electron chi connectivity index (χ4n) is 3.11. The van der Waals surface area contributed by atoms with E-state index in [-0.39, 0.29) is 5.91 Å². The monoisotopic (exact) mass is 312 g/mol. The Bertz CT molecular complexity index is 660. The Morgan fingerprint density at radius 3 is 2.70 bits per heavy atom. The number of anilines is 1. The molecule has 122 valence electrons. The maximum atomic E-state index is 12.1. The highest BCUT2D eigenvalue weighted by Gasteiger charge is 2.18. The van der Waals surface area contributed by atoms with Gasteiger partial charge in [0, 0.05) is 23.8 Å². The van der Waals surface area contributed by atoms with Gasteiger partial charge in [0.2, 0.25) is 0 Å². The van der Waals surface area contributed by atoms with Crippen molar-refractivity contribution in [1.29, 1.82) is 0 Å². The standard InChI is InChI=1S/C19H24N2O2/c1-14-10-12-23-18(14)19(22)20-17-8-6-16(7-9-17)13-21-11-4-3-5-15(21)2/h6-10,12,15H,3-5,11,13H2,1-2H3,(H,20,22). The molecule has 1 aromatic carbocycles. The molecular weight excluding hydrogens is 288 g/mol. The van der Waals surface area contributed by atoms with Gasteiger partial charge in [-0.3, -0.25) is 9.69 Å². The van der Waals surface area contributed by atoms with Crippen LogP contribution in [-0.2, 0) is 6.54 Å². The molecule has 1 fully saturated rings. The molecule has 1 unspecified atom stereocenters. The maximum absolute atomic E-state index is 12.1. The molecule has 1 saturated heterocycles. The zero-order chi connectivity index (χ0) is 16.2. The van der Waals surface area contributed by atoms with Crippen molar-refractivity contribution in [2.75, 3.05) is 11.9 Å². The van der Waals surface area contributed by atoms with E-state index in [2.05, 4.69) is 29.3 Å². The maximum Gasteiger partial charge on any atom is 0.291 e. The molecule has 23 heavy (non-hydrogen) atoms. The van der Waals surface area contributed by atoms with Crippen LogP contribution in [0.25, 0.3) is 0 Å². The number of piperidine rings is 1. The minimum absolute atomic E-state index is 0.204. The van der Waals surface area contributed by atoms with Crippen molar-refractivity contribution < 1.29 is 9.21 Å². The molecule has 2 aromatic rings. The number of likely N-dealkylation sites (tertiary alicyclic amines) is 1. The van der Waals surface area contributed by atoms with Gasteiger partial charge < -0.3 is 9.73 Å². The molecule has 0 aliphatic carbocycles. The molecule has 0 saturated carbocycles. The van der Waals surface area contributed by atoms with Crippen molar-refractivity contribution in [1.82, 2.24) is 4.90 Å². The first kappa shape index (κ1) is 15.8. The Hall–Kier alpha value is -2.07. The number of nitrogens with zero attached hydrogens (tertiary/aromatic N) is 1. The van der Waals surface area contributed by atoms with E-state index < -0.39 is 0 Å². The zero-order valence-corrected chi connectivity index (χ0v) is 13.8. The first-order valence-corrected chi connectivity index (χ1v) is 8.32. The van der Waals surface area contributed by atoms with Crippen LogP contribution in [0.4, 0.5) is 5.69 Å². The van der Waals surface area contributed by atoms with E-state index in [1.54, 1.807) is 6.07 Å². The van der Waals surface area contributed by atoms with Crippen LogP contribution < -0.4 is 5.32 Å². The van der Waals surface area contributed by atoms with Crippen LogP contribution >= 0.6 is 0 Å². The van der Waals surface area contributed by atoms with Gasteiger partial charge in [0.15, 0.2) is 5.76 Å². The number of amides is 1. The molecule has 1 atom stereocenters. The number of furan rings is 1. The molecule has 1 N–H and O–H groups in total. The van der Waals surface area contributed by atoms with Crippen LogP contribution in [0.3, 0.4) is 0 Å². The molecule has 2 heterocycles. The molecule has 4 heteroatoms. The van der Waals surface area contributed by atoms with Gasteiger partial charge in [-0.05, 0) is 57.0 Å². The minimum atomic E-state index is -0.204. The lowest BCUT2D eigenvalue weighted by Crippen LogP contribution is -2.36. The van der Waals surface area contributed by atoms with E-state index in [9.17, 15) is 4.79 Å². The summed E-state index contributed by atoms with van der Waals surface area (Å²) in [7, 11) is 0. The van der Waals surface area contributed by atoms with Crippen LogP contribution in [0.15, 0.2) is 41.0 Å². The fraction of sp³-hybridized carbons (Fsp3) is 0.421. The van der Waals surface area contributed by atoms with Crippen molar-refractivity contribution in [3.8, 4) is 0 Å². The molecule has 1 aliphatic rings. The highest BCUT2D eigenvalue weighted by molar-refractivity contribution is 6.03. The zero-order valence-electron chi connectivity index (χ0n) is 13.8. The third kappa shape index (κ3) is 3.82. The summed E-state index contributed by atoms with van der Waals surface area (Å²) in [5.74, 6) is 0.168. The summed E-state index contributed by atoms with van der Waals surface area (Å²) >= 11 is 0. The van der Waals surface area contributed by atoms with Crippen LogP contribution in [0.2, 0.25) is 0 Å². The van der Waals surface area contributed by atoms with E-state index in [0.717, 1.165) is 17.8 Å². The smallest absolute Gasteiger partial charge is 0.291 e. The molecule has 1 aromatic heterocycles. The van der Waals surface area contributed by atoms with Gasteiger partial charge in [0.25, 0.3) is 5.91 Å². The number of hydrogen-bond acceptors (Lipinski definition) is 3. The van der Waals surface area contributed by atoms with Gasteiger partial charge in [0.1, 0.15) is 0 Å². The lowest BCUT2D eigenvalue weighted by atomic mass is 10.0. The fourth-order valence-corrected chi connectivity index (χ4v) is 3.11. The Kier molecular flexibility index (Phi) is 4.82. The molecule has 0 spiro atoms. The highest BCUT2D eigenvalue weighted by atomic mass is 16.3. The van der Waals surface area contributed by atoms with E-state index in [4.69, 9.17) is 4.42 Å².